The molecule has 0 aromatic heterocycles. The van der Waals surface area contributed by atoms with Crippen LogP contribution in [0, 0.1) is 0 Å². The maximum absolute atomic E-state index is 11.5. The first-order valence-corrected chi connectivity index (χ1v) is 4.99. The zero-order valence-electron chi connectivity index (χ0n) is 7.92. The smallest absolute Gasteiger partial charge is 0.379 e. The maximum Gasteiger partial charge on any atom is 0.379 e. The number of carbonyl (C=O) groups excluding carboxylic acids is 2. The van der Waals surface area contributed by atoms with Gasteiger partial charge in [0.25, 0.3) is 5.78 Å². The average Bonchev–Trinajstić information content (AvgIpc) is 2.17. The summed E-state index contributed by atoms with van der Waals surface area (Å²) < 4.78 is 4.56. The van der Waals surface area contributed by atoms with E-state index in [1.54, 1.807) is 13.0 Å². The fraction of sp³-hybridized carbons (Fsp3) is 0.200. The number of ketones is 1. The number of hydrogen-bond acceptors (Lipinski definition) is 3. The van der Waals surface area contributed by atoms with Crippen LogP contribution in [0.3, 0.4) is 0 Å². The van der Waals surface area contributed by atoms with E-state index in [9.17, 15) is 9.59 Å². The van der Waals surface area contributed by atoms with Crippen LogP contribution in [0.2, 0.25) is 10.0 Å². The summed E-state index contributed by atoms with van der Waals surface area (Å²) in [6.45, 7) is 1.74. The summed E-state index contributed by atoms with van der Waals surface area (Å²) in [5.74, 6) is -1.78. The van der Waals surface area contributed by atoms with E-state index in [1.165, 1.54) is 12.1 Å². The van der Waals surface area contributed by atoms with Gasteiger partial charge in [-0.2, -0.15) is 0 Å². The van der Waals surface area contributed by atoms with E-state index in [0.29, 0.717) is 0 Å². The molecule has 1 aromatic rings. The second-order valence-corrected chi connectivity index (χ2v) is 3.46. The van der Waals surface area contributed by atoms with Gasteiger partial charge in [-0.15, -0.1) is 0 Å². The summed E-state index contributed by atoms with van der Waals surface area (Å²) in [6.07, 6.45) is 0. The molecule has 0 heterocycles. The summed E-state index contributed by atoms with van der Waals surface area (Å²) >= 11 is 11.5. The van der Waals surface area contributed by atoms with E-state index in [-0.39, 0.29) is 22.2 Å². The molecule has 0 spiro atoms. The number of esters is 1. The number of hydrogen-bond donors (Lipinski definition) is 0. The fourth-order valence-corrected chi connectivity index (χ4v) is 1.58. The van der Waals surface area contributed by atoms with E-state index < -0.39 is 11.8 Å². The van der Waals surface area contributed by atoms with E-state index in [0.717, 1.165) is 0 Å². The van der Waals surface area contributed by atoms with Crippen LogP contribution in [0.4, 0.5) is 0 Å². The average molecular weight is 247 g/mol. The van der Waals surface area contributed by atoms with Gasteiger partial charge in [0, 0.05) is 0 Å². The standard InChI is InChI=1S/C10H8Cl2O3/c1-2-15-10(14)9(13)8-6(11)4-3-5-7(8)12/h3-5H,2H2,1H3. The number of halogens is 2. The Labute approximate surface area is 96.9 Å². The fourth-order valence-electron chi connectivity index (χ4n) is 1.01. The molecule has 1 rings (SSSR count). The van der Waals surface area contributed by atoms with Crippen molar-refractivity contribution in [1.29, 1.82) is 0 Å². The predicted octanol–water partition coefficient (Wildman–Crippen LogP) is 2.74. The number of rotatable bonds is 3. The van der Waals surface area contributed by atoms with Crippen LogP contribution in [-0.4, -0.2) is 18.4 Å². The molecule has 0 bridgehead atoms. The quantitative estimate of drug-likeness (QED) is 0.468. The Morgan fingerprint density at radius 2 is 1.80 bits per heavy atom. The molecular weight excluding hydrogens is 239 g/mol. The number of Topliss-reactive ketones (excluding diaryl/α,β-unsaturated/α-hetero) is 1. The van der Waals surface area contributed by atoms with Gasteiger partial charge in [-0.05, 0) is 19.1 Å². The lowest BCUT2D eigenvalue weighted by Gasteiger charge is -2.04. The zero-order valence-corrected chi connectivity index (χ0v) is 9.43. The van der Waals surface area contributed by atoms with Crippen molar-refractivity contribution in [3.63, 3.8) is 0 Å². The van der Waals surface area contributed by atoms with Gasteiger partial charge in [-0.1, -0.05) is 29.3 Å². The third kappa shape index (κ3) is 2.70. The molecule has 0 unspecified atom stereocenters. The Morgan fingerprint density at radius 3 is 2.27 bits per heavy atom. The third-order valence-corrected chi connectivity index (χ3v) is 2.28. The van der Waals surface area contributed by atoms with Gasteiger partial charge in [0.2, 0.25) is 0 Å². The minimum Gasteiger partial charge on any atom is -0.460 e. The van der Waals surface area contributed by atoms with Gasteiger partial charge >= 0.3 is 5.97 Å². The van der Waals surface area contributed by atoms with Crippen molar-refractivity contribution in [3.8, 4) is 0 Å². The molecule has 5 heteroatoms. The molecular formula is C10H8Cl2O3. The second-order valence-electron chi connectivity index (χ2n) is 2.65. The highest BCUT2D eigenvalue weighted by molar-refractivity contribution is 6.49. The van der Waals surface area contributed by atoms with Crippen molar-refractivity contribution in [2.24, 2.45) is 0 Å². The SMILES string of the molecule is CCOC(=O)C(=O)c1c(Cl)cccc1Cl. The number of benzene rings is 1. The van der Waals surface area contributed by atoms with E-state index in [2.05, 4.69) is 4.74 Å². The van der Waals surface area contributed by atoms with Crippen molar-refractivity contribution in [2.75, 3.05) is 6.61 Å². The first-order valence-electron chi connectivity index (χ1n) is 4.23. The Hall–Kier alpha value is -1.06. The van der Waals surface area contributed by atoms with Crippen LogP contribution in [0.1, 0.15) is 17.3 Å². The highest BCUT2D eigenvalue weighted by Gasteiger charge is 2.22. The molecule has 15 heavy (non-hydrogen) atoms. The first-order chi connectivity index (χ1) is 7.07. The molecule has 0 N–H and O–H groups in total. The maximum atomic E-state index is 11.5. The van der Waals surface area contributed by atoms with Crippen molar-refractivity contribution in [2.45, 2.75) is 6.92 Å². The van der Waals surface area contributed by atoms with E-state index in [1.807, 2.05) is 0 Å². The molecule has 1 aromatic carbocycles. The van der Waals surface area contributed by atoms with Gasteiger partial charge in [0.15, 0.2) is 0 Å². The van der Waals surface area contributed by atoms with Gasteiger partial charge in [0.1, 0.15) is 0 Å². The molecule has 0 saturated heterocycles. The topological polar surface area (TPSA) is 43.4 Å². The Bertz CT molecular complexity index is 381. The molecule has 0 aliphatic heterocycles. The van der Waals surface area contributed by atoms with Crippen LogP contribution in [0.25, 0.3) is 0 Å². The lowest BCUT2D eigenvalue weighted by molar-refractivity contribution is -0.137. The highest BCUT2D eigenvalue weighted by Crippen LogP contribution is 2.24. The minimum absolute atomic E-state index is 0.0146. The minimum atomic E-state index is -0.951. The van der Waals surface area contributed by atoms with Crippen LogP contribution < -0.4 is 0 Å². The summed E-state index contributed by atoms with van der Waals surface area (Å²) in [4.78, 5) is 22.7. The van der Waals surface area contributed by atoms with Crippen molar-refractivity contribution >= 4 is 35.0 Å². The molecule has 3 nitrogen and oxygen atoms in total. The van der Waals surface area contributed by atoms with Crippen molar-refractivity contribution in [3.05, 3.63) is 33.8 Å². The lowest BCUT2D eigenvalue weighted by Crippen LogP contribution is -2.18. The molecule has 0 saturated carbocycles. The highest BCUT2D eigenvalue weighted by atomic mass is 35.5. The van der Waals surface area contributed by atoms with Crippen LogP contribution in [-0.2, 0) is 9.53 Å². The third-order valence-electron chi connectivity index (χ3n) is 1.65. The molecule has 0 atom stereocenters. The van der Waals surface area contributed by atoms with Crippen LogP contribution in [0.5, 0.6) is 0 Å². The molecule has 0 fully saturated rings. The molecule has 0 amide bonds. The lowest BCUT2D eigenvalue weighted by atomic mass is 10.1. The van der Waals surface area contributed by atoms with Gasteiger partial charge in [-0.25, -0.2) is 4.79 Å². The predicted molar refractivity (Wildman–Crippen MR) is 57.4 cm³/mol. The number of carbonyl (C=O) groups is 2. The Balaban J connectivity index is 3.06. The van der Waals surface area contributed by atoms with Crippen molar-refractivity contribution < 1.29 is 14.3 Å². The molecule has 0 radical (unpaired) electrons. The Kier molecular flexibility index (Phi) is 4.12. The summed E-state index contributed by atoms with van der Waals surface area (Å²) in [6, 6.07) is 4.56. The zero-order chi connectivity index (χ0) is 11.4. The van der Waals surface area contributed by atoms with Gasteiger partial charge in [0.05, 0.1) is 22.2 Å². The van der Waals surface area contributed by atoms with Gasteiger partial charge < -0.3 is 4.74 Å². The molecule has 0 aliphatic carbocycles. The largest absolute Gasteiger partial charge is 0.460 e. The van der Waals surface area contributed by atoms with Crippen LogP contribution >= 0.6 is 23.2 Å². The molecule has 80 valence electrons. The first kappa shape index (κ1) is 12.0. The van der Waals surface area contributed by atoms with E-state index in [4.69, 9.17) is 23.2 Å². The Morgan fingerprint density at radius 1 is 1.27 bits per heavy atom. The summed E-state index contributed by atoms with van der Waals surface area (Å²) in [5, 5.41) is 0.279. The summed E-state index contributed by atoms with van der Waals surface area (Å²) in [5.41, 5.74) is -0.0146. The number of ether oxygens (including phenoxy) is 1. The monoisotopic (exact) mass is 246 g/mol. The summed E-state index contributed by atoms with van der Waals surface area (Å²) in [7, 11) is 0. The molecule has 0 aliphatic rings. The normalized spacial score (nSPS) is 9.80. The van der Waals surface area contributed by atoms with Crippen molar-refractivity contribution in [1.82, 2.24) is 0 Å². The van der Waals surface area contributed by atoms with Gasteiger partial charge in [-0.3, -0.25) is 4.79 Å². The van der Waals surface area contributed by atoms with E-state index >= 15 is 0 Å². The second kappa shape index (κ2) is 5.14. The van der Waals surface area contributed by atoms with Crippen LogP contribution in [0.15, 0.2) is 18.2 Å².